The quantitative estimate of drug-likeness (QED) is 0.716. The molecule has 2 rings (SSSR count). The van der Waals surface area contributed by atoms with Gasteiger partial charge in [-0.3, -0.25) is 4.68 Å². The summed E-state index contributed by atoms with van der Waals surface area (Å²) < 4.78 is 7.71. The Kier molecular flexibility index (Phi) is 2.59. The molecule has 3 heteroatoms. The van der Waals surface area contributed by atoms with Gasteiger partial charge in [0.1, 0.15) is 0 Å². The van der Waals surface area contributed by atoms with Gasteiger partial charge in [-0.25, -0.2) is 0 Å². The van der Waals surface area contributed by atoms with Crippen LogP contribution in [0.1, 0.15) is 31.5 Å². The van der Waals surface area contributed by atoms with Crippen molar-refractivity contribution in [2.24, 2.45) is 7.05 Å². The van der Waals surface area contributed by atoms with Crippen LogP contribution in [0, 0.1) is 0 Å². The molecule has 3 nitrogen and oxygen atoms in total. The lowest BCUT2D eigenvalue weighted by molar-refractivity contribution is 0.000359. The molecule has 1 aromatic rings. The Morgan fingerprint density at radius 1 is 1.57 bits per heavy atom. The molecule has 1 aromatic heterocycles. The number of aromatic nitrogens is 2. The monoisotopic (exact) mass is 194 g/mol. The Balaban J connectivity index is 2.05. The maximum absolute atomic E-state index is 5.81. The van der Waals surface area contributed by atoms with E-state index in [9.17, 15) is 0 Å². The van der Waals surface area contributed by atoms with Crippen molar-refractivity contribution in [1.82, 2.24) is 9.78 Å². The van der Waals surface area contributed by atoms with Crippen LogP contribution < -0.4 is 0 Å². The van der Waals surface area contributed by atoms with Crippen LogP contribution in [0.25, 0.3) is 0 Å². The summed E-state index contributed by atoms with van der Waals surface area (Å²) in [5, 5.41) is 4.45. The molecule has 0 spiro atoms. The molecule has 0 saturated carbocycles. The second-order valence-electron chi connectivity index (χ2n) is 4.32. The van der Waals surface area contributed by atoms with Crippen molar-refractivity contribution in [1.29, 1.82) is 0 Å². The van der Waals surface area contributed by atoms with E-state index in [0.29, 0.717) is 12.2 Å². The third-order valence-electron chi connectivity index (χ3n) is 2.61. The molecule has 0 bridgehead atoms. The molecular weight excluding hydrogens is 176 g/mol. The predicted molar refractivity (Wildman–Crippen MR) is 55.2 cm³/mol. The Hall–Kier alpha value is -0.830. The first-order valence-corrected chi connectivity index (χ1v) is 5.32. The molecule has 0 amide bonds. The van der Waals surface area contributed by atoms with Gasteiger partial charge in [-0.2, -0.15) is 5.10 Å². The fourth-order valence-electron chi connectivity index (χ4n) is 2.10. The van der Waals surface area contributed by atoms with Gasteiger partial charge in [0.05, 0.1) is 17.9 Å². The van der Waals surface area contributed by atoms with Gasteiger partial charge in [-0.15, -0.1) is 0 Å². The first-order chi connectivity index (χ1) is 6.65. The Morgan fingerprint density at radius 2 is 2.36 bits per heavy atom. The SMILES string of the molecule is CC(C)OC1CCc2cn(C)nc2C1. The molecule has 1 aliphatic rings. The highest BCUT2D eigenvalue weighted by Gasteiger charge is 2.22. The van der Waals surface area contributed by atoms with E-state index in [1.807, 2.05) is 11.7 Å². The van der Waals surface area contributed by atoms with Gasteiger partial charge in [-0.05, 0) is 32.3 Å². The molecule has 1 aliphatic carbocycles. The number of rotatable bonds is 2. The highest BCUT2D eigenvalue weighted by Crippen LogP contribution is 2.22. The molecular formula is C11H18N2O. The van der Waals surface area contributed by atoms with Gasteiger partial charge in [0.15, 0.2) is 0 Å². The van der Waals surface area contributed by atoms with E-state index in [1.165, 1.54) is 11.3 Å². The summed E-state index contributed by atoms with van der Waals surface area (Å²) in [6.07, 6.45) is 6.05. The largest absolute Gasteiger partial charge is 0.375 e. The normalized spacial score (nSPS) is 21.3. The molecule has 1 heterocycles. The van der Waals surface area contributed by atoms with Crippen LogP contribution in [0.15, 0.2) is 6.20 Å². The molecule has 14 heavy (non-hydrogen) atoms. The maximum atomic E-state index is 5.81. The van der Waals surface area contributed by atoms with Gasteiger partial charge in [0.2, 0.25) is 0 Å². The standard InChI is InChI=1S/C11H18N2O/c1-8(2)14-10-5-4-9-7-13(3)12-11(9)6-10/h7-8,10H,4-6H2,1-3H3. The van der Waals surface area contributed by atoms with Crippen molar-refractivity contribution in [3.05, 3.63) is 17.5 Å². The van der Waals surface area contributed by atoms with E-state index in [1.54, 1.807) is 0 Å². The number of aryl methyl sites for hydroxylation is 2. The lowest BCUT2D eigenvalue weighted by Gasteiger charge is -2.23. The van der Waals surface area contributed by atoms with Crippen LogP contribution in [0.4, 0.5) is 0 Å². The number of nitrogens with zero attached hydrogens (tertiary/aromatic N) is 2. The topological polar surface area (TPSA) is 27.1 Å². The number of hydrogen-bond acceptors (Lipinski definition) is 2. The minimum atomic E-state index is 0.324. The summed E-state index contributed by atoms with van der Waals surface area (Å²) in [5.41, 5.74) is 2.63. The average Bonchev–Trinajstić information content (AvgIpc) is 2.42. The van der Waals surface area contributed by atoms with E-state index in [2.05, 4.69) is 25.1 Å². The summed E-state index contributed by atoms with van der Waals surface area (Å²) in [6.45, 7) is 4.18. The van der Waals surface area contributed by atoms with Crippen LogP contribution in [0.2, 0.25) is 0 Å². The first-order valence-electron chi connectivity index (χ1n) is 5.32. The zero-order valence-electron chi connectivity index (χ0n) is 9.16. The Labute approximate surface area is 85.1 Å². The van der Waals surface area contributed by atoms with Crippen molar-refractivity contribution < 1.29 is 4.74 Å². The highest BCUT2D eigenvalue weighted by molar-refractivity contribution is 5.21. The van der Waals surface area contributed by atoms with Gasteiger partial charge in [0.25, 0.3) is 0 Å². The molecule has 0 fully saturated rings. The van der Waals surface area contributed by atoms with Crippen LogP contribution in [-0.2, 0) is 24.6 Å². The van der Waals surface area contributed by atoms with Crippen LogP contribution in [0.3, 0.4) is 0 Å². The molecule has 0 radical (unpaired) electrons. The Bertz CT molecular complexity index is 317. The molecule has 0 N–H and O–H groups in total. The third kappa shape index (κ3) is 1.98. The van der Waals surface area contributed by atoms with Crippen molar-refractivity contribution in [3.63, 3.8) is 0 Å². The van der Waals surface area contributed by atoms with Crippen molar-refractivity contribution >= 4 is 0 Å². The zero-order valence-corrected chi connectivity index (χ0v) is 9.16. The summed E-state index contributed by atoms with van der Waals surface area (Å²) in [5.74, 6) is 0. The summed E-state index contributed by atoms with van der Waals surface area (Å²) in [4.78, 5) is 0. The summed E-state index contributed by atoms with van der Waals surface area (Å²) in [6, 6.07) is 0. The maximum Gasteiger partial charge on any atom is 0.0682 e. The zero-order chi connectivity index (χ0) is 10.1. The van der Waals surface area contributed by atoms with E-state index in [0.717, 1.165) is 19.3 Å². The minimum absolute atomic E-state index is 0.324. The van der Waals surface area contributed by atoms with E-state index in [4.69, 9.17) is 4.74 Å². The number of hydrogen-bond donors (Lipinski definition) is 0. The third-order valence-corrected chi connectivity index (χ3v) is 2.61. The van der Waals surface area contributed by atoms with E-state index >= 15 is 0 Å². The fraction of sp³-hybridized carbons (Fsp3) is 0.727. The first kappa shape index (κ1) is 9.71. The molecule has 1 unspecified atom stereocenters. The van der Waals surface area contributed by atoms with Crippen molar-refractivity contribution in [3.8, 4) is 0 Å². The molecule has 0 aliphatic heterocycles. The van der Waals surface area contributed by atoms with Crippen LogP contribution >= 0.6 is 0 Å². The van der Waals surface area contributed by atoms with Gasteiger partial charge >= 0.3 is 0 Å². The Morgan fingerprint density at radius 3 is 3.07 bits per heavy atom. The van der Waals surface area contributed by atoms with Gasteiger partial charge in [0, 0.05) is 19.7 Å². The second kappa shape index (κ2) is 3.73. The smallest absolute Gasteiger partial charge is 0.0682 e. The average molecular weight is 194 g/mol. The van der Waals surface area contributed by atoms with Crippen LogP contribution in [-0.4, -0.2) is 22.0 Å². The molecule has 1 atom stereocenters. The summed E-state index contributed by atoms with van der Waals surface area (Å²) >= 11 is 0. The van der Waals surface area contributed by atoms with Crippen molar-refractivity contribution in [2.75, 3.05) is 0 Å². The second-order valence-corrected chi connectivity index (χ2v) is 4.32. The molecule has 78 valence electrons. The number of ether oxygens (including phenoxy) is 1. The lowest BCUT2D eigenvalue weighted by Crippen LogP contribution is -2.25. The lowest BCUT2D eigenvalue weighted by atomic mass is 9.96. The number of fused-ring (bicyclic) bond motifs is 1. The van der Waals surface area contributed by atoms with Gasteiger partial charge < -0.3 is 4.74 Å². The van der Waals surface area contributed by atoms with Crippen LogP contribution in [0.5, 0.6) is 0 Å². The van der Waals surface area contributed by atoms with E-state index < -0.39 is 0 Å². The van der Waals surface area contributed by atoms with Gasteiger partial charge in [-0.1, -0.05) is 0 Å². The van der Waals surface area contributed by atoms with Crippen molar-refractivity contribution in [2.45, 2.75) is 45.3 Å². The minimum Gasteiger partial charge on any atom is -0.375 e. The van der Waals surface area contributed by atoms with E-state index in [-0.39, 0.29) is 0 Å². The molecule has 0 aromatic carbocycles. The highest BCUT2D eigenvalue weighted by atomic mass is 16.5. The molecule has 0 saturated heterocycles. The summed E-state index contributed by atoms with van der Waals surface area (Å²) in [7, 11) is 1.98. The predicted octanol–water partition coefficient (Wildman–Crippen LogP) is 1.70. The fourth-order valence-corrected chi connectivity index (χ4v) is 2.10.